The van der Waals surface area contributed by atoms with Crippen molar-refractivity contribution in [2.75, 3.05) is 39.1 Å². The molecule has 0 saturated carbocycles. The van der Waals surface area contributed by atoms with Crippen LogP contribution in [0, 0.1) is 27.3 Å². The Morgan fingerprint density at radius 1 is 1.16 bits per heavy atom. The highest BCUT2D eigenvalue weighted by molar-refractivity contribution is 14.1. The van der Waals surface area contributed by atoms with Gasteiger partial charge in [0, 0.05) is 68.9 Å². The molecule has 11 atom stereocenters. The quantitative estimate of drug-likeness (QED) is 0.0928. The van der Waals surface area contributed by atoms with Crippen molar-refractivity contribution in [1.82, 2.24) is 20.6 Å². The Kier molecular flexibility index (Phi) is 16.7. The van der Waals surface area contributed by atoms with Gasteiger partial charge in [-0.3, -0.25) is 14.6 Å². The second kappa shape index (κ2) is 21.8. The number of amides is 1. The molecule has 20 heteroatoms. The van der Waals surface area contributed by atoms with Crippen molar-refractivity contribution in [3.63, 3.8) is 0 Å². The first-order valence-electron chi connectivity index (χ1n) is 21.5. The lowest BCUT2D eigenvalue weighted by atomic mass is 9.83. The standard InChI is InChI=1S/C47H53IN4O11S4/c1-24(2)50-32-23-60-37(22-36(32)58-4)63-42-44(56)47(66-6,43(55)41-40-28(16-18-49-41)27-15-14-26(48)20-31(27)51-40)25(3)61-45(42)62-35-13-11-9-8-10-12-30-38(35)29(17-19-67(7,64)65)33(53)21-34(54)39(30)52-46(57)59-5/h8-9,14-18,20,24-25,32-33,35-37,39,42,44-45,50-51,53,56H,19,21-23H2,1-7H3,(H,52,57)/b9-8-,29-17-/t25?,32?,33-,35-,36?,37?,39?,42?,44?,45?,47?/m0/s1. The number of aromatic nitrogens is 2. The highest BCUT2D eigenvalue weighted by Crippen LogP contribution is 2.46. The normalized spacial score (nSPS) is 31.1. The van der Waals surface area contributed by atoms with Crippen molar-refractivity contribution in [2.24, 2.45) is 0 Å². The molecule has 2 aromatic heterocycles. The number of pyridine rings is 1. The number of alkyl carbamates (subject to hydrolysis) is 1. The van der Waals surface area contributed by atoms with Crippen LogP contribution < -0.4 is 10.6 Å². The Morgan fingerprint density at radius 3 is 2.63 bits per heavy atom. The van der Waals surface area contributed by atoms with Crippen molar-refractivity contribution in [1.29, 1.82) is 0 Å². The summed E-state index contributed by atoms with van der Waals surface area (Å²) in [5.74, 6) is 11.0. The second-order valence-corrected chi connectivity index (χ2v) is 26.4. The first kappa shape index (κ1) is 51.5. The van der Waals surface area contributed by atoms with Gasteiger partial charge in [-0.1, -0.05) is 56.8 Å². The fraction of sp³-hybridized carbons (Fsp3) is 0.489. The lowest BCUT2D eigenvalue weighted by Crippen LogP contribution is -2.68. The highest BCUT2D eigenvalue weighted by Gasteiger charge is 2.61. The number of Topliss-reactive ketones (excluding diaryl/α,β-unsaturated/α-hetero) is 2. The third-order valence-electron chi connectivity index (χ3n) is 12.1. The number of aromatic amines is 1. The van der Waals surface area contributed by atoms with Crippen LogP contribution in [0.5, 0.6) is 0 Å². The zero-order valence-corrected chi connectivity index (χ0v) is 43.2. The van der Waals surface area contributed by atoms with Gasteiger partial charge in [0.15, 0.2) is 18.4 Å². The summed E-state index contributed by atoms with van der Waals surface area (Å²) in [4.78, 5) is 50.1. The SMILES string of the molecule is COC(=O)NC1C(=O)C[C@H](O)/C(=C/CS(C)(=S)=S)C2=C1C#C/C=C\C#C[C@@H]2OC1OC(C)C(SC)(C(=O)c2nccc3c2[nH]c2cc(I)ccc23)C(O)C1OC1CC(OC)C(NC(C)C)CO1. The van der Waals surface area contributed by atoms with E-state index in [0.29, 0.717) is 5.52 Å². The fourth-order valence-corrected chi connectivity index (χ4v) is 11.4. The number of ketones is 2. The maximum atomic E-state index is 15.4. The van der Waals surface area contributed by atoms with Crippen molar-refractivity contribution in [2.45, 2.75) is 106 Å². The van der Waals surface area contributed by atoms with Crippen LogP contribution >= 0.6 is 34.4 Å². The van der Waals surface area contributed by atoms with Crippen molar-refractivity contribution in [3.05, 3.63) is 74.7 Å². The molecule has 1 amide bonds. The van der Waals surface area contributed by atoms with E-state index in [4.69, 9.17) is 50.8 Å². The number of ether oxygens (including phenoxy) is 6. The number of H-pyrrole nitrogens is 1. The molecule has 3 aromatic rings. The molecule has 2 fully saturated rings. The molecule has 4 heterocycles. The maximum Gasteiger partial charge on any atom is 0.407 e. The molecular weight excluding hydrogens is 1050 g/mol. The van der Waals surface area contributed by atoms with Gasteiger partial charge >= 0.3 is 6.09 Å². The second-order valence-electron chi connectivity index (χ2n) is 16.9. The van der Waals surface area contributed by atoms with Crippen LogP contribution in [0.3, 0.4) is 0 Å². The fourth-order valence-electron chi connectivity index (χ4n) is 8.93. The number of nitrogens with zero attached hydrogens (tertiary/aromatic N) is 1. The Morgan fingerprint density at radius 2 is 1.93 bits per heavy atom. The average molecular weight is 1110 g/mol. The van der Waals surface area contributed by atoms with E-state index >= 15 is 4.79 Å². The number of nitrogens with one attached hydrogen (secondary N) is 3. The molecule has 0 radical (unpaired) electrons. The Hall–Kier alpha value is -3.33. The lowest BCUT2D eigenvalue weighted by molar-refractivity contribution is -0.322. The van der Waals surface area contributed by atoms with E-state index in [0.717, 1.165) is 38.7 Å². The van der Waals surface area contributed by atoms with Crippen LogP contribution in [0.25, 0.3) is 21.8 Å². The predicted octanol–water partition coefficient (Wildman–Crippen LogP) is 4.17. The van der Waals surface area contributed by atoms with Gasteiger partial charge in [0.1, 0.15) is 34.8 Å². The number of fused-ring (bicyclic) bond motifs is 3. The molecule has 0 bridgehead atoms. The Bertz CT molecular complexity index is 2760. The van der Waals surface area contributed by atoms with E-state index in [1.54, 1.807) is 38.8 Å². The number of rotatable bonds is 13. The summed E-state index contributed by atoms with van der Waals surface area (Å²) in [7, 11) is 0.727. The van der Waals surface area contributed by atoms with Crippen LogP contribution in [0.4, 0.5) is 4.79 Å². The zero-order chi connectivity index (χ0) is 48.4. The number of carbonyl (C=O) groups excluding carboxylic acids is 3. The summed E-state index contributed by atoms with van der Waals surface area (Å²) in [6.07, 6.45) is -1.32. The van der Waals surface area contributed by atoms with Crippen LogP contribution in [0.2, 0.25) is 0 Å². The molecule has 67 heavy (non-hydrogen) atoms. The smallest absolute Gasteiger partial charge is 0.407 e. The summed E-state index contributed by atoms with van der Waals surface area (Å²) >= 11 is 14.6. The number of methoxy groups -OCH3 is 2. The van der Waals surface area contributed by atoms with Crippen LogP contribution in [-0.4, -0.2) is 149 Å². The van der Waals surface area contributed by atoms with Gasteiger partial charge in [0.05, 0.1) is 43.6 Å². The van der Waals surface area contributed by atoms with Crippen LogP contribution in [0.15, 0.2) is 65.4 Å². The van der Waals surface area contributed by atoms with E-state index in [9.17, 15) is 19.8 Å². The van der Waals surface area contributed by atoms with E-state index in [1.165, 1.54) is 12.2 Å². The molecule has 0 spiro atoms. The number of hydrogen-bond acceptors (Lipinski definition) is 16. The molecular formula is C47H53IN4O11S4. The third-order valence-corrected chi connectivity index (χ3v) is 15.8. The molecule has 7 rings (SSSR count). The van der Waals surface area contributed by atoms with Gasteiger partial charge in [0.25, 0.3) is 0 Å². The number of thioether (sulfide) groups is 1. The molecule has 5 N–H and O–H groups in total. The molecule has 2 saturated heterocycles. The van der Waals surface area contributed by atoms with E-state index in [1.807, 2.05) is 38.1 Å². The van der Waals surface area contributed by atoms with Crippen molar-refractivity contribution in [3.8, 4) is 23.7 Å². The van der Waals surface area contributed by atoms with Gasteiger partial charge in [-0.15, -0.1) is 11.8 Å². The number of allylic oxidation sites excluding steroid dienone is 2. The molecule has 15 nitrogen and oxygen atoms in total. The van der Waals surface area contributed by atoms with E-state index in [-0.39, 0.29) is 59.4 Å². The third kappa shape index (κ3) is 11.0. The first-order chi connectivity index (χ1) is 31.9. The van der Waals surface area contributed by atoms with Crippen molar-refractivity contribution < 1.29 is 53.0 Å². The van der Waals surface area contributed by atoms with Crippen LogP contribution in [-0.2, 0) is 62.7 Å². The van der Waals surface area contributed by atoms with Gasteiger partial charge in [-0.2, -0.15) is 0 Å². The summed E-state index contributed by atoms with van der Waals surface area (Å²) in [6.45, 7) is 5.90. The Balaban J connectivity index is 1.36. The monoisotopic (exact) mass is 1100 g/mol. The van der Waals surface area contributed by atoms with Gasteiger partial charge in [-0.05, 0) is 100 Å². The minimum atomic E-state index is -2.03. The number of aliphatic hydroxyl groups excluding tert-OH is 2. The van der Waals surface area contributed by atoms with E-state index < -0.39 is 85.1 Å². The molecule has 2 aliphatic heterocycles. The summed E-state index contributed by atoms with van der Waals surface area (Å²) in [6, 6.07) is 6.33. The number of halogens is 1. The summed E-state index contributed by atoms with van der Waals surface area (Å²) in [5, 5.41) is 32.6. The van der Waals surface area contributed by atoms with Gasteiger partial charge in [0.2, 0.25) is 5.78 Å². The highest BCUT2D eigenvalue weighted by atomic mass is 127. The zero-order valence-electron chi connectivity index (χ0n) is 37.8. The topological polar surface area (TPSA) is 200 Å². The number of hydrogen-bond donors (Lipinski definition) is 5. The number of benzene rings is 1. The van der Waals surface area contributed by atoms with Crippen molar-refractivity contribution >= 4 is 103 Å². The number of aliphatic hydroxyl groups is 2. The average Bonchev–Trinajstić information content (AvgIpc) is 3.65. The molecule has 2 aliphatic carbocycles. The van der Waals surface area contributed by atoms with Gasteiger partial charge in [-0.25, -0.2) is 4.79 Å². The molecule has 358 valence electrons. The van der Waals surface area contributed by atoms with Crippen LogP contribution in [0.1, 0.15) is 44.1 Å². The molecule has 4 aliphatic rings. The largest absolute Gasteiger partial charge is 0.453 e. The van der Waals surface area contributed by atoms with Gasteiger partial charge < -0.3 is 54.3 Å². The maximum absolute atomic E-state index is 15.4. The Labute approximate surface area is 417 Å². The summed E-state index contributed by atoms with van der Waals surface area (Å²) < 4.78 is 36.8. The number of carbonyl (C=O) groups is 3. The minimum Gasteiger partial charge on any atom is -0.453 e. The minimum absolute atomic E-state index is 0.0689. The predicted molar refractivity (Wildman–Crippen MR) is 272 cm³/mol. The summed E-state index contributed by atoms with van der Waals surface area (Å²) in [5.41, 5.74) is 1.84. The lowest BCUT2D eigenvalue weighted by Gasteiger charge is -2.51. The van der Waals surface area contributed by atoms with E-state index in [2.05, 4.69) is 66.9 Å². The molecule has 1 aromatic carbocycles. The molecule has 9 unspecified atom stereocenters. The first-order valence-corrected chi connectivity index (χ1v) is 27.8.